The molecule has 1 saturated heterocycles. The minimum Gasteiger partial charge on any atom is -0.355 e. The number of nitrogens with two attached hydrogens (primary N) is 1. The maximum absolute atomic E-state index is 12.8. The van der Waals surface area contributed by atoms with Gasteiger partial charge in [0.2, 0.25) is 5.91 Å². The van der Waals surface area contributed by atoms with Gasteiger partial charge in [-0.15, -0.1) is 11.8 Å². The predicted molar refractivity (Wildman–Crippen MR) is 93.9 cm³/mol. The lowest BCUT2D eigenvalue weighted by Gasteiger charge is -2.32. The summed E-state index contributed by atoms with van der Waals surface area (Å²) in [4.78, 5) is 27.6. The van der Waals surface area contributed by atoms with Crippen LogP contribution in [0.2, 0.25) is 5.02 Å². The number of nitrogens with one attached hydrogen (secondary N) is 1. The first-order valence-electron chi connectivity index (χ1n) is 7.67. The van der Waals surface area contributed by atoms with E-state index in [1.165, 1.54) is 0 Å². The molecular formula is C16H22ClN3O2S. The zero-order valence-corrected chi connectivity index (χ0v) is 14.8. The van der Waals surface area contributed by atoms with Crippen LogP contribution in [0.1, 0.15) is 23.2 Å². The maximum atomic E-state index is 12.8. The van der Waals surface area contributed by atoms with Crippen LogP contribution in [0, 0.1) is 5.92 Å². The molecule has 1 aliphatic heterocycles. The molecule has 1 aliphatic rings. The van der Waals surface area contributed by atoms with Crippen LogP contribution in [0.3, 0.4) is 0 Å². The van der Waals surface area contributed by atoms with Gasteiger partial charge >= 0.3 is 0 Å². The molecule has 0 bridgehead atoms. The molecule has 0 saturated carbocycles. The van der Waals surface area contributed by atoms with Crippen LogP contribution in [0.25, 0.3) is 0 Å². The summed E-state index contributed by atoms with van der Waals surface area (Å²) in [7, 11) is 0. The molecule has 1 atom stereocenters. The Hall–Kier alpha value is -1.24. The van der Waals surface area contributed by atoms with Gasteiger partial charge in [-0.05, 0) is 37.3 Å². The van der Waals surface area contributed by atoms with Gasteiger partial charge in [0, 0.05) is 31.1 Å². The summed E-state index contributed by atoms with van der Waals surface area (Å²) in [5, 5.41) is 3.25. The van der Waals surface area contributed by atoms with Crippen molar-refractivity contribution in [3.63, 3.8) is 0 Å². The summed E-state index contributed by atoms with van der Waals surface area (Å²) in [6, 6.07) is 5.45. The molecule has 3 N–H and O–H groups in total. The summed E-state index contributed by atoms with van der Waals surface area (Å²) >= 11 is 7.75. The number of likely N-dealkylation sites (tertiary alicyclic amines) is 1. The van der Waals surface area contributed by atoms with Gasteiger partial charge in [0.1, 0.15) is 0 Å². The topological polar surface area (TPSA) is 75.4 Å². The molecule has 2 amide bonds. The third-order valence-electron chi connectivity index (χ3n) is 3.93. The van der Waals surface area contributed by atoms with E-state index in [9.17, 15) is 9.59 Å². The Balaban J connectivity index is 2.09. The quantitative estimate of drug-likeness (QED) is 0.792. The van der Waals surface area contributed by atoms with Crippen molar-refractivity contribution >= 4 is 35.2 Å². The van der Waals surface area contributed by atoms with Crippen LogP contribution in [0.5, 0.6) is 0 Å². The molecule has 0 aromatic heterocycles. The number of amides is 2. The summed E-state index contributed by atoms with van der Waals surface area (Å²) in [6.45, 7) is 1.96. The molecular weight excluding hydrogens is 334 g/mol. The average molecular weight is 356 g/mol. The van der Waals surface area contributed by atoms with Crippen LogP contribution < -0.4 is 11.1 Å². The minimum absolute atomic E-state index is 0.0306. The number of carbonyl (C=O) groups excluding carboxylic acids is 2. The number of carbonyl (C=O) groups is 2. The zero-order chi connectivity index (χ0) is 16.8. The second-order valence-corrected chi connectivity index (χ2v) is 6.80. The highest BCUT2D eigenvalue weighted by molar-refractivity contribution is 7.98. The number of rotatable bonds is 5. The number of nitrogens with zero attached hydrogens (tertiary/aromatic N) is 1. The van der Waals surface area contributed by atoms with Crippen molar-refractivity contribution in [1.29, 1.82) is 0 Å². The van der Waals surface area contributed by atoms with Crippen LogP contribution >= 0.6 is 23.4 Å². The molecule has 7 heteroatoms. The van der Waals surface area contributed by atoms with Gasteiger partial charge in [-0.3, -0.25) is 9.59 Å². The minimum atomic E-state index is -0.179. The Morgan fingerprint density at radius 1 is 1.48 bits per heavy atom. The van der Waals surface area contributed by atoms with E-state index in [-0.39, 0.29) is 17.7 Å². The van der Waals surface area contributed by atoms with Gasteiger partial charge in [0.15, 0.2) is 0 Å². The Kier molecular flexibility index (Phi) is 6.74. The van der Waals surface area contributed by atoms with E-state index in [1.54, 1.807) is 22.7 Å². The molecule has 1 heterocycles. The molecule has 5 nitrogen and oxygen atoms in total. The lowest BCUT2D eigenvalue weighted by molar-refractivity contribution is -0.126. The fourth-order valence-electron chi connectivity index (χ4n) is 2.68. The third kappa shape index (κ3) is 4.62. The highest BCUT2D eigenvalue weighted by atomic mass is 35.5. The number of piperidine rings is 1. The average Bonchev–Trinajstić information content (AvgIpc) is 2.59. The van der Waals surface area contributed by atoms with E-state index >= 15 is 0 Å². The standard InChI is InChI=1S/C16H22ClN3O2S/c1-23-12-4-5-14(17)13(9-12)16(22)20-8-2-3-11(10-20)15(21)19-7-6-18/h4-5,9,11H,2-3,6-8,10,18H2,1H3,(H,19,21). The largest absolute Gasteiger partial charge is 0.355 e. The van der Waals surface area contributed by atoms with Crippen molar-refractivity contribution in [2.24, 2.45) is 11.7 Å². The molecule has 0 radical (unpaired) electrons. The van der Waals surface area contributed by atoms with E-state index in [0.29, 0.717) is 36.8 Å². The van der Waals surface area contributed by atoms with Gasteiger partial charge in [0.25, 0.3) is 5.91 Å². The van der Waals surface area contributed by atoms with Crippen molar-refractivity contribution < 1.29 is 9.59 Å². The number of hydrogen-bond donors (Lipinski definition) is 2. The van der Waals surface area contributed by atoms with Gasteiger partial charge < -0.3 is 16.0 Å². The Morgan fingerprint density at radius 3 is 2.96 bits per heavy atom. The summed E-state index contributed by atoms with van der Waals surface area (Å²) in [5.74, 6) is -0.319. The number of hydrogen-bond acceptors (Lipinski definition) is 4. The lowest BCUT2D eigenvalue weighted by Crippen LogP contribution is -2.46. The molecule has 0 aliphatic carbocycles. The number of benzene rings is 1. The van der Waals surface area contributed by atoms with Crippen molar-refractivity contribution in [2.45, 2.75) is 17.7 Å². The third-order valence-corrected chi connectivity index (χ3v) is 4.98. The highest BCUT2D eigenvalue weighted by Gasteiger charge is 2.29. The van der Waals surface area contributed by atoms with E-state index < -0.39 is 0 Å². The van der Waals surface area contributed by atoms with Crippen molar-refractivity contribution in [1.82, 2.24) is 10.2 Å². The molecule has 1 unspecified atom stereocenters. The molecule has 1 aromatic rings. The molecule has 0 spiro atoms. The van der Waals surface area contributed by atoms with Crippen LogP contribution in [-0.2, 0) is 4.79 Å². The first-order chi connectivity index (χ1) is 11.1. The van der Waals surface area contributed by atoms with E-state index in [2.05, 4.69) is 5.32 Å². The first-order valence-corrected chi connectivity index (χ1v) is 9.27. The van der Waals surface area contributed by atoms with Crippen LogP contribution in [0.15, 0.2) is 23.1 Å². The Labute approximate surface area is 145 Å². The van der Waals surface area contributed by atoms with Gasteiger partial charge in [-0.1, -0.05) is 11.6 Å². The van der Waals surface area contributed by atoms with E-state index in [0.717, 1.165) is 17.7 Å². The number of thioether (sulfide) groups is 1. The van der Waals surface area contributed by atoms with E-state index in [4.69, 9.17) is 17.3 Å². The SMILES string of the molecule is CSc1ccc(Cl)c(C(=O)N2CCCC(C(=O)NCCN)C2)c1. The van der Waals surface area contributed by atoms with Crippen LogP contribution in [0.4, 0.5) is 0 Å². The van der Waals surface area contributed by atoms with Gasteiger partial charge in [-0.2, -0.15) is 0 Å². The molecule has 1 aromatic carbocycles. The Bertz CT molecular complexity index is 582. The second-order valence-electron chi connectivity index (χ2n) is 5.52. The molecule has 1 fully saturated rings. The van der Waals surface area contributed by atoms with E-state index in [1.807, 2.05) is 18.4 Å². The maximum Gasteiger partial charge on any atom is 0.255 e. The number of halogens is 1. The predicted octanol–water partition coefficient (Wildman–Crippen LogP) is 1.99. The van der Waals surface area contributed by atoms with Crippen molar-refractivity contribution in [3.05, 3.63) is 28.8 Å². The van der Waals surface area contributed by atoms with Gasteiger partial charge in [0.05, 0.1) is 16.5 Å². The fraction of sp³-hybridized carbons (Fsp3) is 0.500. The first kappa shape index (κ1) is 18.1. The monoisotopic (exact) mass is 355 g/mol. The highest BCUT2D eigenvalue weighted by Crippen LogP contribution is 2.26. The van der Waals surface area contributed by atoms with Crippen LogP contribution in [-0.4, -0.2) is 49.1 Å². The summed E-state index contributed by atoms with van der Waals surface area (Å²) < 4.78 is 0. The molecule has 23 heavy (non-hydrogen) atoms. The normalized spacial score (nSPS) is 17.9. The zero-order valence-electron chi connectivity index (χ0n) is 13.2. The molecule has 126 valence electrons. The Morgan fingerprint density at radius 2 is 2.26 bits per heavy atom. The molecule has 2 rings (SSSR count). The van der Waals surface area contributed by atoms with Crippen molar-refractivity contribution in [2.75, 3.05) is 32.4 Å². The second kappa shape index (κ2) is 8.57. The van der Waals surface area contributed by atoms with Crippen molar-refractivity contribution in [3.8, 4) is 0 Å². The van der Waals surface area contributed by atoms with Gasteiger partial charge in [-0.25, -0.2) is 0 Å². The smallest absolute Gasteiger partial charge is 0.255 e. The summed E-state index contributed by atoms with van der Waals surface area (Å²) in [6.07, 6.45) is 3.56. The lowest BCUT2D eigenvalue weighted by atomic mass is 9.96. The fourth-order valence-corrected chi connectivity index (χ4v) is 3.32. The summed E-state index contributed by atoms with van der Waals surface area (Å²) in [5.41, 5.74) is 5.91.